The Morgan fingerprint density at radius 2 is 1.64 bits per heavy atom. The van der Waals surface area contributed by atoms with Crippen molar-refractivity contribution in [3.8, 4) is 0 Å². The summed E-state index contributed by atoms with van der Waals surface area (Å²) >= 11 is 0. The molecule has 1 aliphatic heterocycles. The Morgan fingerprint density at radius 1 is 1.00 bits per heavy atom. The first-order valence-corrected chi connectivity index (χ1v) is 8.69. The van der Waals surface area contributed by atoms with Crippen LogP contribution < -0.4 is 0 Å². The predicted molar refractivity (Wildman–Crippen MR) is 92.9 cm³/mol. The number of amides is 1. The Kier molecular flexibility index (Phi) is 7.32. The number of benzene rings is 1. The molecule has 0 spiro atoms. The van der Waals surface area contributed by atoms with Gasteiger partial charge in [0.15, 0.2) is 6.04 Å². The van der Waals surface area contributed by atoms with Gasteiger partial charge in [-0.1, -0.05) is 30.3 Å². The number of rotatable bonds is 6. The van der Waals surface area contributed by atoms with Crippen molar-refractivity contribution in [1.82, 2.24) is 4.90 Å². The molecule has 4 N–H and O–H groups in total. The van der Waals surface area contributed by atoms with Gasteiger partial charge in [-0.15, -0.1) is 0 Å². The standard InChI is InChI=1S/C18H23NO9/c1-2-27-12(20)8-11-14(21)16(23)15(22)13(17(24)25)19(11)18(26)28-9-10-6-4-3-5-7-10/h3-7,11,13-16,21-23H,2,8-9H2,1H3,(H,24,25)/t11-,13+,14-,15+,16+/m0/s1. The molecule has 0 saturated carbocycles. The van der Waals surface area contributed by atoms with Gasteiger partial charge < -0.3 is 29.9 Å². The van der Waals surface area contributed by atoms with E-state index in [1.165, 1.54) is 0 Å². The average molecular weight is 397 g/mol. The highest BCUT2D eigenvalue weighted by Crippen LogP contribution is 2.28. The van der Waals surface area contributed by atoms with Crippen LogP contribution in [0, 0.1) is 0 Å². The van der Waals surface area contributed by atoms with Crippen molar-refractivity contribution in [2.45, 2.75) is 50.3 Å². The fourth-order valence-electron chi connectivity index (χ4n) is 3.07. The number of hydrogen-bond donors (Lipinski definition) is 4. The van der Waals surface area contributed by atoms with E-state index in [9.17, 15) is 34.8 Å². The van der Waals surface area contributed by atoms with Crippen LogP contribution >= 0.6 is 0 Å². The molecule has 28 heavy (non-hydrogen) atoms. The molecule has 0 radical (unpaired) electrons. The highest BCUT2D eigenvalue weighted by molar-refractivity contribution is 5.82. The average Bonchev–Trinajstić information content (AvgIpc) is 2.67. The van der Waals surface area contributed by atoms with E-state index < -0.39 is 54.8 Å². The molecule has 0 aromatic heterocycles. The van der Waals surface area contributed by atoms with Gasteiger partial charge in [0.05, 0.1) is 19.1 Å². The summed E-state index contributed by atoms with van der Waals surface area (Å²) in [6.45, 7) is 1.40. The number of hydrogen-bond acceptors (Lipinski definition) is 8. The maximum atomic E-state index is 12.6. The number of carbonyl (C=O) groups excluding carboxylic acids is 2. The quantitative estimate of drug-likeness (QED) is 0.465. The van der Waals surface area contributed by atoms with Gasteiger partial charge in [0, 0.05) is 0 Å². The number of esters is 1. The summed E-state index contributed by atoms with van der Waals surface area (Å²) in [5.74, 6) is -2.43. The van der Waals surface area contributed by atoms with Gasteiger partial charge >= 0.3 is 18.0 Å². The lowest BCUT2D eigenvalue weighted by molar-refractivity contribution is -0.183. The van der Waals surface area contributed by atoms with Gasteiger partial charge in [-0.05, 0) is 12.5 Å². The lowest BCUT2D eigenvalue weighted by atomic mass is 9.86. The Balaban J connectivity index is 2.28. The van der Waals surface area contributed by atoms with Crippen molar-refractivity contribution >= 4 is 18.0 Å². The molecule has 5 atom stereocenters. The van der Waals surface area contributed by atoms with E-state index in [0.717, 1.165) is 0 Å². The second kappa shape index (κ2) is 9.49. The number of likely N-dealkylation sites (tertiary alicyclic amines) is 1. The summed E-state index contributed by atoms with van der Waals surface area (Å²) in [4.78, 5) is 36.7. The number of nitrogens with zero attached hydrogens (tertiary/aromatic N) is 1. The number of carboxylic acid groups (broad SMARTS) is 1. The highest BCUT2D eigenvalue weighted by Gasteiger charge is 2.54. The van der Waals surface area contributed by atoms with Crippen LogP contribution in [0.25, 0.3) is 0 Å². The van der Waals surface area contributed by atoms with Gasteiger partial charge in [-0.2, -0.15) is 0 Å². The lowest BCUT2D eigenvalue weighted by Gasteiger charge is -2.46. The molecule has 1 amide bonds. The van der Waals surface area contributed by atoms with E-state index in [-0.39, 0.29) is 13.2 Å². The Labute approximate surface area is 160 Å². The van der Waals surface area contributed by atoms with E-state index >= 15 is 0 Å². The molecular weight excluding hydrogens is 374 g/mol. The van der Waals surface area contributed by atoms with Crippen LogP contribution in [0.5, 0.6) is 0 Å². The van der Waals surface area contributed by atoms with Gasteiger partial charge in [-0.25, -0.2) is 9.59 Å². The Bertz CT molecular complexity index is 696. The minimum atomic E-state index is -1.98. The predicted octanol–water partition coefficient (Wildman–Crippen LogP) is -0.503. The second-order valence-electron chi connectivity index (χ2n) is 6.28. The number of piperidine rings is 1. The van der Waals surface area contributed by atoms with Crippen molar-refractivity contribution in [3.63, 3.8) is 0 Å². The van der Waals surface area contributed by atoms with E-state index in [1.807, 2.05) is 0 Å². The summed E-state index contributed by atoms with van der Waals surface area (Å²) in [5.41, 5.74) is 0.628. The summed E-state index contributed by atoms with van der Waals surface area (Å²) < 4.78 is 9.91. The maximum absolute atomic E-state index is 12.6. The van der Waals surface area contributed by atoms with Crippen LogP contribution in [0.1, 0.15) is 18.9 Å². The zero-order valence-corrected chi connectivity index (χ0v) is 15.2. The minimum absolute atomic E-state index is 0.0354. The highest BCUT2D eigenvalue weighted by atomic mass is 16.6. The van der Waals surface area contributed by atoms with E-state index in [1.54, 1.807) is 37.3 Å². The summed E-state index contributed by atoms with van der Waals surface area (Å²) in [7, 11) is 0. The number of aliphatic hydroxyl groups is 3. The van der Waals surface area contributed by atoms with Crippen molar-refractivity contribution in [2.75, 3.05) is 6.61 Å². The molecule has 0 unspecified atom stereocenters. The number of carboxylic acids is 1. The lowest BCUT2D eigenvalue weighted by Crippen LogP contribution is -2.70. The fraction of sp³-hybridized carbons (Fsp3) is 0.500. The number of aliphatic hydroxyl groups excluding tert-OH is 3. The Hall–Kier alpha value is -2.69. The number of carbonyl (C=O) groups is 3. The SMILES string of the molecule is CCOC(=O)C[C@H]1[C@H](O)[C@@H](O)[C@H](O)[C@H](C(=O)O)N1C(=O)OCc1ccccc1. The molecule has 0 bridgehead atoms. The monoisotopic (exact) mass is 397 g/mol. The van der Waals surface area contributed by atoms with Crippen LogP contribution in [-0.4, -0.2) is 80.4 Å². The van der Waals surface area contributed by atoms with Crippen molar-refractivity contribution in [1.29, 1.82) is 0 Å². The molecule has 1 aromatic carbocycles. The fourth-order valence-corrected chi connectivity index (χ4v) is 3.07. The number of ether oxygens (including phenoxy) is 2. The first-order valence-electron chi connectivity index (χ1n) is 8.69. The molecular formula is C18H23NO9. The van der Waals surface area contributed by atoms with Gasteiger partial charge in [0.2, 0.25) is 0 Å². The summed E-state index contributed by atoms with van der Waals surface area (Å²) in [6, 6.07) is 5.20. The zero-order chi connectivity index (χ0) is 20.8. The largest absolute Gasteiger partial charge is 0.480 e. The zero-order valence-electron chi connectivity index (χ0n) is 15.2. The van der Waals surface area contributed by atoms with Crippen molar-refractivity contribution in [2.24, 2.45) is 0 Å². The van der Waals surface area contributed by atoms with Gasteiger partial charge in [0.25, 0.3) is 0 Å². The molecule has 1 fully saturated rings. The van der Waals surface area contributed by atoms with Crippen LogP contribution in [0.3, 0.4) is 0 Å². The van der Waals surface area contributed by atoms with Crippen LogP contribution in [0.15, 0.2) is 30.3 Å². The molecule has 2 rings (SSSR count). The minimum Gasteiger partial charge on any atom is -0.480 e. The third kappa shape index (κ3) is 4.77. The molecule has 1 heterocycles. The molecule has 0 aliphatic carbocycles. The summed E-state index contributed by atoms with van der Waals surface area (Å²) in [6.07, 6.45) is -7.37. The maximum Gasteiger partial charge on any atom is 0.411 e. The smallest absolute Gasteiger partial charge is 0.411 e. The first kappa shape index (κ1) is 21.6. The first-order chi connectivity index (χ1) is 13.3. The van der Waals surface area contributed by atoms with E-state index in [4.69, 9.17) is 9.47 Å². The molecule has 1 aliphatic rings. The Morgan fingerprint density at radius 3 is 2.21 bits per heavy atom. The van der Waals surface area contributed by atoms with Crippen molar-refractivity contribution in [3.05, 3.63) is 35.9 Å². The van der Waals surface area contributed by atoms with Gasteiger partial charge in [0.1, 0.15) is 24.9 Å². The topological polar surface area (TPSA) is 154 Å². The molecule has 10 nitrogen and oxygen atoms in total. The third-order valence-electron chi connectivity index (χ3n) is 4.42. The van der Waals surface area contributed by atoms with Crippen LogP contribution in [0.4, 0.5) is 4.79 Å². The molecule has 1 saturated heterocycles. The van der Waals surface area contributed by atoms with Crippen LogP contribution in [-0.2, 0) is 25.7 Å². The van der Waals surface area contributed by atoms with E-state index in [0.29, 0.717) is 10.5 Å². The second-order valence-corrected chi connectivity index (χ2v) is 6.28. The molecule has 1 aromatic rings. The summed E-state index contributed by atoms with van der Waals surface area (Å²) in [5, 5.41) is 39.8. The van der Waals surface area contributed by atoms with Crippen molar-refractivity contribution < 1.29 is 44.3 Å². The normalized spacial score (nSPS) is 27.1. The van der Waals surface area contributed by atoms with E-state index in [2.05, 4.69) is 0 Å². The third-order valence-corrected chi connectivity index (χ3v) is 4.42. The number of aliphatic carboxylic acids is 1. The van der Waals surface area contributed by atoms with Gasteiger partial charge in [-0.3, -0.25) is 9.69 Å². The molecule has 154 valence electrons. The molecule has 10 heteroatoms. The van der Waals surface area contributed by atoms with Crippen LogP contribution in [0.2, 0.25) is 0 Å².